The first-order chi connectivity index (χ1) is 5.84. The summed E-state index contributed by atoms with van der Waals surface area (Å²) in [5, 5.41) is 0. The molecule has 1 rings (SSSR count). The van der Waals surface area contributed by atoms with E-state index < -0.39 is 0 Å². The van der Waals surface area contributed by atoms with E-state index in [1.54, 1.807) is 11.9 Å². The fourth-order valence-electron chi connectivity index (χ4n) is 1.18. The fourth-order valence-corrected chi connectivity index (χ4v) is 1.48. The quantitative estimate of drug-likeness (QED) is 0.565. The molecule has 0 bridgehead atoms. The Hall–Kier alpha value is -0.470. The van der Waals surface area contributed by atoms with E-state index in [9.17, 15) is 0 Å². The second kappa shape index (κ2) is 5.22. The molecule has 2 heteroatoms. The van der Waals surface area contributed by atoms with Crippen LogP contribution >= 0.6 is 11.9 Å². The minimum absolute atomic E-state index is 1.05. The molecule has 0 heterocycles. The van der Waals surface area contributed by atoms with Crippen molar-refractivity contribution in [1.82, 2.24) is 4.72 Å². The van der Waals surface area contributed by atoms with Gasteiger partial charge < -0.3 is 0 Å². The highest BCUT2D eigenvalue weighted by Gasteiger charge is 1.94. The van der Waals surface area contributed by atoms with E-state index in [1.807, 2.05) is 0 Å². The van der Waals surface area contributed by atoms with Crippen molar-refractivity contribution in [2.75, 3.05) is 12.8 Å². The zero-order valence-electron chi connectivity index (χ0n) is 7.63. The Morgan fingerprint density at radius 3 is 2.75 bits per heavy atom. The zero-order chi connectivity index (χ0) is 8.81. The molecule has 0 aromatic heterocycles. The van der Waals surface area contributed by atoms with Crippen LogP contribution in [-0.4, -0.2) is 12.8 Å². The largest absolute Gasteiger partial charge is 0.264 e. The van der Waals surface area contributed by atoms with Gasteiger partial charge in [-0.1, -0.05) is 36.2 Å². The summed E-state index contributed by atoms with van der Waals surface area (Å²) in [5.41, 5.74) is 2.83. The Balaban J connectivity index is 2.46. The summed E-state index contributed by atoms with van der Waals surface area (Å²) in [6.07, 6.45) is 3.17. The maximum atomic E-state index is 3.24. The molecule has 0 radical (unpaired) electrons. The van der Waals surface area contributed by atoms with Gasteiger partial charge in [0.15, 0.2) is 0 Å². The summed E-state index contributed by atoms with van der Waals surface area (Å²) in [6, 6.07) is 8.54. The number of nitrogens with one attached hydrogen (secondary N) is 1. The van der Waals surface area contributed by atoms with E-state index in [-0.39, 0.29) is 0 Å². The lowest BCUT2D eigenvalue weighted by Gasteiger charge is -2.04. The molecule has 0 aliphatic heterocycles. The van der Waals surface area contributed by atoms with Gasteiger partial charge >= 0.3 is 0 Å². The van der Waals surface area contributed by atoms with Gasteiger partial charge in [0, 0.05) is 6.54 Å². The molecule has 1 aromatic carbocycles. The number of rotatable bonds is 4. The SMILES string of the molecule is CSNCCc1ccccc1C. The summed E-state index contributed by atoms with van der Waals surface area (Å²) in [6.45, 7) is 3.21. The van der Waals surface area contributed by atoms with E-state index in [2.05, 4.69) is 42.2 Å². The molecule has 1 aromatic rings. The Morgan fingerprint density at radius 1 is 1.33 bits per heavy atom. The van der Waals surface area contributed by atoms with Crippen LogP contribution in [0.4, 0.5) is 0 Å². The van der Waals surface area contributed by atoms with Crippen LogP contribution in [0.2, 0.25) is 0 Å². The van der Waals surface area contributed by atoms with Crippen LogP contribution in [0.25, 0.3) is 0 Å². The average molecular weight is 181 g/mol. The predicted molar refractivity (Wildman–Crippen MR) is 56.4 cm³/mol. The monoisotopic (exact) mass is 181 g/mol. The van der Waals surface area contributed by atoms with E-state index in [0.717, 1.165) is 13.0 Å². The van der Waals surface area contributed by atoms with Gasteiger partial charge in [0.1, 0.15) is 0 Å². The van der Waals surface area contributed by atoms with Crippen LogP contribution in [-0.2, 0) is 6.42 Å². The van der Waals surface area contributed by atoms with E-state index in [1.165, 1.54) is 11.1 Å². The van der Waals surface area contributed by atoms with Crippen molar-refractivity contribution in [3.63, 3.8) is 0 Å². The molecule has 0 spiro atoms. The Labute approximate surface area is 78.7 Å². The molecule has 0 saturated carbocycles. The molecule has 0 unspecified atom stereocenters. The van der Waals surface area contributed by atoms with Gasteiger partial charge in [0.2, 0.25) is 0 Å². The molecule has 0 atom stereocenters. The Kier molecular flexibility index (Phi) is 4.19. The first-order valence-corrected chi connectivity index (χ1v) is 5.37. The van der Waals surface area contributed by atoms with Crippen LogP contribution in [0.1, 0.15) is 11.1 Å². The van der Waals surface area contributed by atoms with E-state index in [4.69, 9.17) is 0 Å². The summed E-state index contributed by atoms with van der Waals surface area (Å²) >= 11 is 1.68. The van der Waals surface area contributed by atoms with E-state index in [0.29, 0.717) is 0 Å². The van der Waals surface area contributed by atoms with Gasteiger partial charge in [-0.3, -0.25) is 4.72 Å². The molecular formula is C10H15NS. The first-order valence-electron chi connectivity index (χ1n) is 4.15. The van der Waals surface area contributed by atoms with Gasteiger partial charge in [-0.25, -0.2) is 0 Å². The highest BCUT2D eigenvalue weighted by molar-refractivity contribution is 7.96. The molecule has 0 aliphatic carbocycles. The smallest absolute Gasteiger partial charge is 0.00990 e. The molecule has 0 fully saturated rings. The Bertz CT molecular complexity index is 235. The average Bonchev–Trinajstić information content (AvgIpc) is 2.09. The van der Waals surface area contributed by atoms with Gasteiger partial charge in [-0.05, 0) is 30.7 Å². The normalized spacial score (nSPS) is 10.2. The van der Waals surface area contributed by atoms with Gasteiger partial charge in [-0.15, -0.1) is 0 Å². The summed E-state index contributed by atoms with van der Waals surface area (Å²) in [7, 11) is 0. The van der Waals surface area contributed by atoms with Crippen LogP contribution in [0.3, 0.4) is 0 Å². The van der Waals surface area contributed by atoms with Gasteiger partial charge in [0.25, 0.3) is 0 Å². The number of hydrogen-bond donors (Lipinski definition) is 1. The maximum Gasteiger partial charge on any atom is 0.00990 e. The van der Waals surface area contributed by atoms with Crippen molar-refractivity contribution in [1.29, 1.82) is 0 Å². The lowest BCUT2D eigenvalue weighted by molar-refractivity contribution is 0.903. The highest BCUT2D eigenvalue weighted by atomic mass is 32.2. The van der Waals surface area contributed by atoms with Crippen LogP contribution < -0.4 is 4.72 Å². The van der Waals surface area contributed by atoms with Gasteiger partial charge in [-0.2, -0.15) is 0 Å². The highest BCUT2D eigenvalue weighted by Crippen LogP contribution is 2.06. The molecule has 1 nitrogen and oxygen atoms in total. The molecule has 12 heavy (non-hydrogen) atoms. The lowest BCUT2D eigenvalue weighted by Crippen LogP contribution is -2.08. The number of aryl methyl sites for hydroxylation is 1. The second-order valence-corrected chi connectivity index (χ2v) is 3.47. The minimum atomic E-state index is 1.05. The van der Waals surface area contributed by atoms with Crippen molar-refractivity contribution in [3.8, 4) is 0 Å². The molecule has 0 saturated heterocycles. The van der Waals surface area contributed by atoms with Crippen molar-refractivity contribution in [3.05, 3.63) is 35.4 Å². The number of hydrogen-bond acceptors (Lipinski definition) is 2. The van der Waals surface area contributed by atoms with Gasteiger partial charge in [0.05, 0.1) is 0 Å². The maximum absolute atomic E-state index is 3.24. The van der Waals surface area contributed by atoms with Crippen LogP contribution in [0.5, 0.6) is 0 Å². The summed E-state index contributed by atoms with van der Waals surface area (Å²) in [5.74, 6) is 0. The third-order valence-corrected chi connectivity index (χ3v) is 2.39. The summed E-state index contributed by atoms with van der Waals surface area (Å²) in [4.78, 5) is 0. The molecule has 66 valence electrons. The third-order valence-electron chi connectivity index (χ3n) is 1.90. The minimum Gasteiger partial charge on any atom is -0.264 e. The fraction of sp³-hybridized carbons (Fsp3) is 0.400. The van der Waals surface area contributed by atoms with Crippen molar-refractivity contribution in [2.24, 2.45) is 0 Å². The molecular weight excluding hydrogens is 166 g/mol. The molecule has 1 N–H and O–H groups in total. The summed E-state index contributed by atoms with van der Waals surface area (Å²) < 4.78 is 3.24. The van der Waals surface area contributed by atoms with Crippen LogP contribution in [0, 0.1) is 6.92 Å². The number of benzene rings is 1. The standard InChI is InChI=1S/C10H15NS/c1-9-5-3-4-6-10(9)7-8-11-12-2/h3-6,11H,7-8H2,1-2H3. The Morgan fingerprint density at radius 2 is 2.08 bits per heavy atom. The third kappa shape index (κ3) is 2.88. The molecule has 0 aliphatic rings. The lowest BCUT2D eigenvalue weighted by atomic mass is 10.1. The first kappa shape index (κ1) is 9.62. The van der Waals surface area contributed by atoms with Crippen molar-refractivity contribution in [2.45, 2.75) is 13.3 Å². The zero-order valence-corrected chi connectivity index (χ0v) is 8.45. The topological polar surface area (TPSA) is 12.0 Å². The van der Waals surface area contributed by atoms with Crippen molar-refractivity contribution < 1.29 is 0 Å². The van der Waals surface area contributed by atoms with Crippen molar-refractivity contribution >= 4 is 11.9 Å². The predicted octanol–water partition coefficient (Wildman–Crippen LogP) is 2.41. The second-order valence-electron chi connectivity index (χ2n) is 2.77. The van der Waals surface area contributed by atoms with E-state index >= 15 is 0 Å². The van der Waals surface area contributed by atoms with Crippen LogP contribution in [0.15, 0.2) is 24.3 Å². The molecule has 0 amide bonds.